The first-order chi connectivity index (χ1) is 27.8. The van der Waals surface area contributed by atoms with Gasteiger partial charge in [0.2, 0.25) is 0 Å². The highest BCUT2D eigenvalue weighted by Gasteiger charge is 2.23. The first-order valence-corrected chi connectivity index (χ1v) is 19.0. The van der Waals surface area contributed by atoms with E-state index in [9.17, 15) is 0 Å². The maximum atomic E-state index is 5.63. The Balaban J connectivity index is 1.20. The lowest BCUT2D eigenvalue weighted by Crippen LogP contribution is -2.03. The first-order valence-electron chi connectivity index (χ1n) is 19.0. The van der Waals surface area contributed by atoms with Gasteiger partial charge in [0.25, 0.3) is 0 Å². The normalized spacial score (nSPS) is 11.9. The minimum atomic E-state index is 0.725. The van der Waals surface area contributed by atoms with E-state index in [1.54, 1.807) is 0 Å². The molecule has 0 spiro atoms. The Morgan fingerprint density at radius 2 is 0.875 bits per heavy atom. The maximum Gasteiger partial charge on any atom is 0.138 e. The molecular formula is C51H31N5. The second-order valence-corrected chi connectivity index (χ2v) is 14.4. The highest BCUT2D eigenvalue weighted by Crippen LogP contribution is 2.42. The van der Waals surface area contributed by atoms with E-state index >= 15 is 0 Å². The van der Waals surface area contributed by atoms with E-state index < -0.39 is 0 Å². The van der Waals surface area contributed by atoms with E-state index in [-0.39, 0.29) is 0 Å². The summed E-state index contributed by atoms with van der Waals surface area (Å²) in [7, 11) is 0. The monoisotopic (exact) mass is 713 g/mol. The number of aromatic nitrogens is 5. The molecule has 0 atom stereocenters. The molecule has 56 heavy (non-hydrogen) atoms. The van der Waals surface area contributed by atoms with Crippen LogP contribution in [0.25, 0.3) is 110 Å². The molecule has 0 aliphatic rings. The number of nitrogens with zero attached hydrogens (tertiary/aromatic N) is 5. The van der Waals surface area contributed by atoms with E-state index in [1.165, 1.54) is 26.9 Å². The van der Waals surface area contributed by atoms with Crippen LogP contribution in [0.2, 0.25) is 0 Å². The highest BCUT2D eigenvalue weighted by molar-refractivity contribution is 6.24. The van der Waals surface area contributed by atoms with Gasteiger partial charge in [-0.25, -0.2) is 9.97 Å². The first kappa shape index (κ1) is 30.8. The third-order valence-corrected chi connectivity index (χ3v) is 11.3. The minimum Gasteiger partial charge on any atom is -0.307 e. The van der Waals surface area contributed by atoms with E-state index in [0.717, 1.165) is 83.3 Å². The number of para-hydroxylation sites is 3. The molecule has 0 aliphatic heterocycles. The van der Waals surface area contributed by atoms with Crippen molar-refractivity contribution in [3.63, 3.8) is 0 Å². The lowest BCUT2D eigenvalue weighted by molar-refractivity contribution is 1.07. The van der Waals surface area contributed by atoms with Crippen LogP contribution in [0.5, 0.6) is 0 Å². The quantitative estimate of drug-likeness (QED) is 0.171. The van der Waals surface area contributed by atoms with Crippen LogP contribution in [0, 0.1) is 0 Å². The van der Waals surface area contributed by atoms with Crippen molar-refractivity contribution >= 4 is 76.2 Å². The number of pyridine rings is 1. The predicted molar refractivity (Wildman–Crippen MR) is 232 cm³/mol. The van der Waals surface area contributed by atoms with Gasteiger partial charge in [-0.3, -0.25) is 9.55 Å². The van der Waals surface area contributed by atoms with Crippen molar-refractivity contribution in [2.24, 2.45) is 0 Å². The molecule has 12 aromatic rings. The number of rotatable bonds is 4. The fourth-order valence-corrected chi connectivity index (χ4v) is 8.94. The molecular weight excluding hydrogens is 683 g/mol. The van der Waals surface area contributed by atoms with Crippen molar-refractivity contribution in [1.82, 2.24) is 24.1 Å². The van der Waals surface area contributed by atoms with Gasteiger partial charge in [-0.1, -0.05) is 146 Å². The molecule has 0 fully saturated rings. The van der Waals surface area contributed by atoms with Gasteiger partial charge in [0.15, 0.2) is 0 Å². The molecule has 0 radical (unpaired) electrons. The molecule has 5 heteroatoms. The Morgan fingerprint density at radius 3 is 1.54 bits per heavy atom. The van der Waals surface area contributed by atoms with Crippen LogP contribution >= 0.6 is 0 Å². The molecule has 5 nitrogen and oxygen atoms in total. The minimum absolute atomic E-state index is 0.725. The average molecular weight is 714 g/mol. The number of hydrogen-bond donors (Lipinski definition) is 0. The van der Waals surface area contributed by atoms with Crippen molar-refractivity contribution in [1.29, 1.82) is 0 Å². The zero-order valence-corrected chi connectivity index (χ0v) is 30.1. The third kappa shape index (κ3) is 4.39. The fourth-order valence-electron chi connectivity index (χ4n) is 8.94. The fraction of sp³-hybridized carbons (Fsp3) is 0. The molecule has 4 aromatic heterocycles. The van der Waals surface area contributed by atoms with Gasteiger partial charge in [0.05, 0.1) is 39.3 Å². The van der Waals surface area contributed by atoms with Crippen LogP contribution in [-0.4, -0.2) is 24.1 Å². The summed E-state index contributed by atoms with van der Waals surface area (Å²) in [6.07, 6.45) is 1.90. The largest absolute Gasteiger partial charge is 0.307 e. The SMILES string of the molecule is c1ccc(-c2ccc(-n3c4ccccc4c4ccc5c6ccccc6n(-c6ccccc6)c5c43)nc2-c2cnc3c4ccccc4c4ccccc4c3n2)cc1. The van der Waals surface area contributed by atoms with Gasteiger partial charge in [0, 0.05) is 43.6 Å². The molecule has 8 aromatic carbocycles. The van der Waals surface area contributed by atoms with Crippen LogP contribution in [0.1, 0.15) is 0 Å². The van der Waals surface area contributed by atoms with Crippen LogP contribution in [-0.2, 0) is 0 Å². The number of hydrogen-bond acceptors (Lipinski definition) is 3. The summed E-state index contributed by atoms with van der Waals surface area (Å²) in [6, 6.07) is 64.4. The third-order valence-electron chi connectivity index (χ3n) is 11.3. The summed E-state index contributed by atoms with van der Waals surface area (Å²) in [5.74, 6) is 0.813. The lowest BCUT2D eigenvalue weighted by atomic mass is 9.99. The lowest BCUT2D eigenvalue weighted by Gasteiger charge is -2.15. The van der Waals surface area contributed by atoms with Gasteiger partial charge in [0.1, 0.15) is 17.2 Å². The van der Waals surface area contributed by atoms with E-state index in [0.29, 0.717) is 0 Å². The zero-order chi connectivity index (χ0) is 36.7. The van der Waals surface area contributed by atoms with E-state index in [1.807, 2.05) is 12.3 Å². The molecule has 0 saturated carbocycles. The van der Waals surface area contributed by atoms with E-state index in [4.69, 9.17) is 15.0 Å². The second-order valence-electron chi connectivity index (χ2n) is 14.4. The Bertz CT molecular complexity index is 3490. The summed E-state index contributed by atoms with van der Waals surface area (Å²) in [5.41, 5.74) is 10.9. The standard InChI is InChI=1S/C51H31N5/c1-3-15-32(16-4-1)34-29-30-46(54-47(34)43-31-52-48-39-23-9-7-19-35(39)36-20-8-10-24-40(36)49(48)53-43)56-45-26-14-12-22-38(45)42-28-27-41-37-21-11-13-25-44(37)55(50(41)51(42)56)33-17-5-2-6-18-33/h1-31H. The molecule has 0 N–H and O–H groups in total. The smallest absolute Gasteiger partial charge is 0.138 e. The summed E-state index contributed by atoms with van der Waals surface area (Å²) in [4.78, 5) is 16.2. The van der Waals surface area contributed by atoms with Crippen LogP contribution in [0.3, 0.4) is 0 Å². The highest BCUT2D eigenvalue weighted by atomic mass is 15.1. The molecule has 0 unspecified atom stereocenters. The average Bonchev–Trinajstić information content (AvgIpc) is 3.80. The van der Waals surface area contributed by atoms with Crippen molar-refractivity contribution in [3.05, 3.63) is 188 Å². The van der Waals surface area contributed by atoms with Crippen molar-refractivity contribution in [2.45, 2.75) is 0 Å². The number of benzene rings is 8. The van der Waals surface area contributed by atoms with Crippen molar-refractivity contribution in [3.8, 4) is 34.0 Å². The summed E-state index contributed by atoms with van der Waals surface area (Å²) in [5, 5.41) is 9.26. The molecule has 0 amide bonds. The predicted octanol–water partition coefficient (Wildman–Crippen LogP) is 12.9. The Labute approximate surface area is 321 Å². The van der Waals surface area contributed by atoms with Gasteiger partial charge >= 0.3 is 0 Å². The summed E-state index contributed by atoms with van der Waals surface area (Å²) >= 11 is 0. The van der Waals surface area contributed by atoms with Crippen LogP contribution in [0.15, 0.2) is 188 Å². The Hall–Kier alpha value is -7.63. The summed E-state index contributed by atoms with van der Waals surface area (Å²) < 4.78 is 4.76. The second kappa shape index (κ2) is 11.9. The van der Waals surface area contributed by atoms with E-state index in [2.05, 4.69) is 185 Å². The van der Waals surface area contributed by atoms with Crippen LogP contribution in [0.4, 0.5) is 0 Å². The molecule has 0 saturated heterocycles. The maximum absolute atomic E-state index is 5.63. The Kier molecular flexibility index (Phi) is 6.56. The van der Waals surface area contributed by atoms with Gasteiger partial charge in [-0.2, -0.15) is 0 Å². The zero-order valence-electron chi connectivity index (χ0n) is 30.1. The molecule has 260 valence electrons. The molecule has 0 bridgehead atoms. The molecule has 4 heterocycles. The van der Waals surface area contributed by atoms with Gasteiger partial charge in [-0.15, -0.1) is 0 Å². The topological polar surface area (TPSA) is 48.5 Å². The number of fused-ring (bicyclic) bond motifs is 13. The van der Waals surface area contributed by atoms with Gasteiger partial charge < -0.3 is 4.57 Å². The van der Waals surface area contributed by atoms with Gasteiger partial charge in [-0.05, 0) is 52.7 Å². The Morgan fingerprint density at radius 1 is 0.357 bits per heavy atom. The van der Waals surface area contributed by atoms with Crippen molar-refractivity contribution in [2.75, 3.05) is 0 Å². The molecule has 0 aliphatic carbocycles. The van der Waals surface area contributed by atoms with Crippen LogP contribution < -0.4 is 0 Å². The summed E-state index contributed by atoms with van der Waals surface area (Å²) in [6.45, 7) is 0. The molecule has 12 rings (SSSR count). The van der Waals surface area contributed by atoms with Crippen molar-refractivity contribution < 1.29 is 0 Å².